The van der Waals surface area contributed by atoms with Crippen molar-refractivity contribution in [3.05, 3.63) is 35.0 Å². The summed E-state index contributed by atoms with van der Waals surface area (Å²) >= 11 is 0. The molecule has 0 radical (unpaired) electrons. The molecule has 0 bridgehead atoms. The van der Waals surface area contributed by atoms with Crippen LogP contribution in [0.5, 0.6) is 0 Å². The summed E-state index contributed by atoms with van der Waals surface area (Å²) in [5.41, 5.74) is 1.41. The Morgan fingerprint density at radius 3 is 2.77 bits per heavy atom. The number of nitrogens with zero attached hydrogens (tertiary/aromatic N) is 4. The maximum atomic E-state index is 9.04. The topological polar surface area (TPSA) is 91.3 Å². The lowest BCUT2D eigenvalue weighted by Gasteiger charge is -2.26. The van der Waals surface area contributed by atoms with E-state index in [1.54, 1.807) is 6.26 Å². The Kier molecular flexibility index (Phi) is 6.54. The van der Waals surface area contributed by atoms with Crippen LogP contribution in [0.4, 0.5) is 0 Å². The lowest BCUT2D eigenvalue weighted by molar-refractivity contribution is 0.219. The molecule has 7 nitrogen and oxygen atoms in total. The second kappa shape index (κ2) is 9.28. The number of nitriles is 2. The van der Waals surface area contributed by atoms with Gasteiger partial charge < -0.3 is 20.0 Å². The Morgan fingerprint density at radius 2 is 2.00 bits per heavy atom. The molecule has 2 saturated heterocycles. The molecule has 7 heteroatoms. The summed E-state index contributed by atoms with van der Waals surface area (Å²) in [5, 5.41) is 24.6. The van der Waals surface area contributed by atoms with Crippen LogP contribution in [-0.4, -0.2) is 49.1 Å². The lowest BCUT2D eigenvalue weighted by atomic mass is 10.1. The van der Waals surface area contributed by atoms with Crippen molar-refractivity contribution >= 4 is 0 Å². The van der Waals surface area contributed by atoms with Crippen molar-refractivity contribution in [2.45, 2.75) is 32.4 Å². The van der Waals surface area contributed by atoms with Crippen molar-refractivity contribution in [3.63, 3.8) is 0 Å². The summed E-state index contributed by atoms with van der Waals surface area (Å²) in [6.07, 6.45) is 5.70. The molecule has 0 atom stereocenters. The normalized spacial score (nSPS) is 17.6. The molecule has 26 heavy (non-hydrogen) atoms. The second-order valence-corrected chi connectivity index (χ2v) is 6.74. The summed E-state index contributed by atoms with van der Waals surface area (Å²) in [4.78, 5) is 4.54. The van der Waals surface area contributed by atoms with Gasteiger partial charge in [0.1, 0.15) is 23.7 Å². The standard InChI is InChI=1S/C19H26N6O/c20-12-17(13-21)19-23-6-10-25(19)9-5-22-14-18-16(4-11-26-18)15-24-7-2-1-3-8-24/h4,11,22-23H,1-3,5-10,14-15H2. The quantitative estimate of drug-likeness (QED) is 0.566. The van der Waals surface area contributed by atoms with Crippen LogP contribution in [0.15, 0.2) is 28.1 Å². The highest BCUT2D eigenvalue weighted by atomic mass is 16.3. The molecule has 3 heterocycles. The van der Waals surface area contributed by atoms with Gasteiger partial charge in [-0.05, 0) is 32.0 Å². The molecular formula is C19H26N6O. The molecule has 0 spiro atoms. The highest BCUT2D eigenvalue weighted by molar-refractivity contribution is 5.39. The third-order valence-electron chi connectivity index (χ3n) is 4.98. The van der Waals surface area contributed by atoms with Crippen molar-refractivity contribution in [2.24, 2.45) is 0 Å². The van der Waals surface area contributed by atoms with Gasteiger partial charge in [0.25, 0.3) is 0 Å². The van der Waals surface area contributed by atoms with Crippen LogP contribution in [0, 0.1) is 22.7 Å². The Hall–Kier alpha value is -2.48. The van der Waals surface area contributed by atoms with Crippen molar-refractivity contribution in [3.8, 4) is 12.1 Å². The molecule has 0 unspecified atom stereocenters. The Morgan fingerprint density at radius 1 is 1.19 bits per heavy atom. The summed E-state index contributed by atoms with van der Waals surface area (Å²) in [7, 11) is 0. The van der Waals surface area contributed by atoms with Gasteiger partial charge in [-0.3, -0.25) is 4.90 Å². The number of hydrogen-bond donors (Lipinski definition) is 2. The largest absolute Gasteiger partial charge is 0.468 e. The highest BCUT2D eigenvalue weighted by Gasteiger charge is 2.20. The van der Waals surface area contributed by atoms with E-state index in [9.17, 15) is 0 Å². The minimum Gasteiger partial charge on any atom is -0.468 e. The molecule has 0 aromatic carbocycles. The van der Waals surface area contributed by atoms with Gasteiger partial charge in [0.15, 0.2) is 5.57 Å². The van der Waals surface area contributed by atoms with Gasteiger partial charge in [-0.1, -0.05) is 6.42 Å². The van der Waals surface area contributed by atoms with Crippen LogP contribution in [0.2, 0.25) is 0 Å². The van der Waals surface area contributed by atoms with Gasteiger partial charge in [0.05, 0.1) is 12.8 Å². The van der Waals surface area contributed by atoms with E-state index >= 15 is 0 Å². The smallest absolute Gasteiger partial charge is 0.169 e. The molecule has 1 aromatic heterocycles. The Labute approximate surface area is 154 Å². The monoisotopic (exact) mass is 354 g/mol. The maximum absolute atomic E-state index is 9.04. The number of furan rings is 1. The van der Waals surface area contributed by atoms with Gasteiger partial charge in [-0.15, -0.1) is 0 Å². The molecule has 0 amide bonds. The first-order chi connectivity index (χ1) is 12.8. The molecule has 2 fully saturated rings. The van der Waals surface area contributed by atoms with Crippen LogP contribution in [-0.2, 0) is 13.1 Å². The van der Waals surface area contributed by atoms with E-state index in [4.69, 9.17) is 14.9 Å². The number of nitrogens with one attached hydrogen (secondary N) is 2. The van der Waals surface area contributed by atoms with E-state index < -0.39 is 0 Å². The average molecular weight is 354 g/mol. The van der Waals surface area contributed by atoms with E-state index in [0.717, 1.165) is 38.5 Å². The Balaban J connectivity index is 1.46. The highest BCUT2D eigenvalue weighted by Crippen LogP contribution is 2.17. The van der Waals surface area contributed by atoms with E-state index in [1.807, 2.05) is 17.0 Å². The molecule has 2 aliphatic rings. The van der Waals surface area contributed by atoms with Crippen LogP contribution >= 0.6 is 0 Å². The zero-order chi connectivity index (χ0) is 18.2. The molecule has 1 aromatic rings. The van der Waals surface area contributed by atoms with E-state index in [0.29, 0.717) is 12.4 Å². The van der Waals surface area contributed by atoms with Gasteiger partial charge in [0.2, 0.25) is 0 Å². The average Bonchev–Trinajstić information content (AvgIpc) is 3.31. The first kappa shape index (κ1) is 18.3. The third-order valence-corrected chi connectivity index (χ3v) is 4.98. The maximum Gasteiger partial charge on any atom is 0.169 e. The van der Waals surface area contributed by atoms with Gasteiger partial charge in [0, 0.05) is 38.3 Å². The third kappa shape index (κ3) is 4.57. The van der Waals surface area contributed by atoms with Crippen molar-refractivity contribution < 1.29 is 4.42 Å². The van der Waals surface area contributed by atoms with Crippen LogP contribution in [0.3, 0.4) is 0 Å². The summed E-state index contributed by atoms with van der Waals surface area (Å²) in [6.45, 7) is 7.09. The fraction of sp³-hybridized carbons (Fsp3) is 0.579. The minimum absolute atomic E-state index is 0.150. The lowest BCUT2D eigenvalue weighted by Crippen LogP contribution is -2.31. The van der Waals surface area contributed by atoms with Crippen LogP contribution in [0.25, 0.3) is 0 Å². The van der Waals surface area contributed by atoms with Gasteiger partial charge in [-0.2, -0.15) is 10.5 Å². The van der Waals surface area contributed by atoms with Crippen molar-refractivity contribution in [1.29, 1.82) is 10.5 Å². The predicted molar refractivity (Wildman–Crippen MR) is 97.4 cm³/mol. The zero-order valence-corrected chi connectivity index (χ0v) is 15.1. The second-order valence-electron chi connectivity index (χ2n) is 6.74. The molecule has 2 N–H and O–H groups in total. The van der Waals surface area contributed by atoms with E-state index in [-0.39, 0.29) is 5.57 Å². The van der Waals surface area contributed by atoms with E-state index in [2.05, 4.69) is 21.6 Å². The number of allylic oxidation sites excluding steroid dienone is 1. The zero-order valence-electron chi connectivity index (χ0n) is 15.1. The SMILES string of the molecule is N#CC(C#N)=C1NCCN1CCNCc1occc1CN1CCCCC1. The van der Waals surface area contributed by atoms with Crippen molar-refractivity contribution in [2.75, 3.05) is 39.3 Å². The van der Waals surface area contributed by atoms with Crippen LogP contribution in [0.1, 0.15) is 30.6 Å². The molecule has 0 saturated carbocycles. The Bertz CT molecular complexity index is 688. The number of hydrogen-bond acceptors (Lipinski definition) is 7. The first-order valence-electron chi connectivity index (χ1n) is 9.33. The molecule has 0 aliphatic carbocycles. The number of rotatable bonds is 7. The predicted octanol–water partition coefficient (Wildman–Crippen LogP) is 1.52. The van der Waals surface area contributed by atoms with Crippen molar-refractivity contribution in [1.82, 2.24) is 20.4 Å². The fourth-order valence-corrected chi connectivity index (χ4v) is 3.57. The number of piperidine rings is 1. The molecule has 2 aliphatic heterocycles. The molecular weight excluding hydrogens is 328 g/mol. The molecule has 3 rings (SSSR count). The van der Waals surface area contributed by atoms with Crippen LogP contribution < -0.4 is 10.6 Å². The number of likely N-dealkylation sites (tertiary alicyclic amines) is 1. The van der Waals surface area contributed by atoms with E-state index in [1.165, 1.54) is 37.9 Å². The summed E-state index contributed by atoms with van der Waals surface area (Å²) in [6, 6.07) is 5.99. The first-order valence-corrected chi connectivity index (χ1v) is 9.33. The molecule has 138 valence electrons. The van der Waals surface area contributed by atoms with Gasteiger partial charge in [-0.25, -0.2) is 0 Å². The minimum atomic E-state index is 0.150. The summed E-state index contributed by atoms with van der Waals surface area (Å²) < 4.78 is 5.66. The van der Waals surface area contributed by atoms with Gasteiger partial charge >= 0.3 is 0 Å². The fourth-order valence-electron chi connectivity index (χ4n) is 3.57. The summed E-state index contributed by atoms with van der Waals surface area (Å²) in [5.74, 6) is 1.65.